The number of rotatable bonds is 5. The fraction of sp³-hybridized carbons (Fsp3) is 0.222. The third-order valence-electron chi connectivity index (χ3n) is 6.16. The molecule has 1 saturated heterocycles. The van der Waals surface area contributed by atoms with E-state index in [9.17, 15) is 4.79 Å². The van der Waals surface area contributed by atoms with Crippen LogP contribution in [0.25, 0.3) is 11.3 Å². The van der Waals surface area contributed by atoms with Crippen molar-refractivity contribution in [2.45, 2.75) is 33.1 Å². The van der Waals surface area contributed by atoms with Gasteiger partial charge in [-0.2, -0.15) is 0 Å². The molecule has 0 bridgehead atoms. The normalized spacial score (nSPS) is 14.8. The first-order valence-corrected chi connectivity index (χ1v) is 13.5. The molecule has 7 nitrogen and oxygen atoms in total. The van der Waals surface area contributed by atoms with Crippen molar-refractivity contribution in [1.82, 2.24) is 15.0 Å². The SMILES string of the molecule is Cc1nccc(CNc2ccc3c(c2)Sc2cccc(-c4cc(N5CCOCC5)cc(=O)[nH]4)c2S3)n1. The van der Waals surface area contributed by atoms with Gasteiger partial charge in [0, 0.05) is 61.9 Å². The van der Waals surface area contributed by atoms with Crippen LogP contribution in [0.4, 0.5) is 11.4 Å². The Morgan fingerprint density at radius 1 is 1.03 bits per heavy atom. The maximum absolute atomic E-state index is 12.6. The minimum atomic E-state index is -0.0879. The summed E-state index contributed by atoms with van der Waals surface area (Å²) in [5, 5.41) is 3.48. The molecule has 2 aromatic carbocycles. The second-order valence-corrected chi connectivity index (χ2v) is 10.8. The molecule has 36 heavy (non-hydrogen) atoms. The average Bonchev–Trinajstić information content (AvgIpc) is 2.90. The van der Waals surface area contributed by atoms with Crippen LogP contribution in [0.2, 0.25) is 0 Å². The quantitative estimate of drug-likeness (QED) is 0.330. The van der Waals surface area contributed by atoms with Gasteiger partial charge in [-0.05, 0) is 43.3 Å². The number of H-pyrrole nitrogens is 1. The first-order valence-electron chi connectivity index (χ1n) is 11.8. The monoisotopic (exact) mass is 515 g/mol. The van der Waals surface area contributed by atoms with Crippen molar-refractivity contribution in [2.75, 3.05) is 36.5 Å². The lowest BCUT2D eigenvalue weighted by Crippen LogP contribution is -2.36. The van der Waals surface area contributed by atoms with Gasteiger partial charge in [0.25, 0.3) is 0 Å². The van der Waals surface area contributed by atoms with E-state index in [1.165, 1.54) is 19.6 Å². The lowest BCUT2D eigenvalue weighted by Gasteiger charge is -2.29. The van der Waals surface area contributed by atoms with E-state index in [4.69, 9.17) is 4.74 Å². The average molecular weight is 516 g/mol. The summed E-state index contributed by atoms with van der Waals surface area (Å²) in [5.74, 6) is 0.774. The smallest absolute Gasteiger partial charge is 0.250 e. The summed E-state index contributed by atoms with van der Waals surface area (Å²) in [6.07, 6.45) is 1.79. The standard InChI is InChI=1S/C27H25N5O2S2/c1-17-28-8-7-19(30-17)16-29-18-5-6-23-25(13-18)35-24-4-2-3-21(27(24)36-23)22-14-20(15-26(33)31-22)32-9-11-34-12-10-32/h2-8,13-15,29H,9-12,16H2,1H3,(H,31,33). The van der Waals surface area contributed by atoms with Crippen LogP contribution in [0.3, 0.4) is 0 Å². The Morgan fingerprint density at radius 2 is 1.92 bits per heavy atom. The minimum absolute atomic E-state index is 0.0879. The Bertz CT molecular complexity index is 1480. The van der Waals surface area contributed by atoms with Crippen molar-refractivity contribution in [3.63, 3.8) is 0 Å². The number of benzene rings is 2. The topological polar surface area (TPSA) is 83.1 Å². The lowest BCUT2D eigenvalue weighted by molar-refractivity contribution is 0.122. The van der Waals surface area contributed by atoms with Gasteiger partial charge in [0.15, 0.2) is 0 Å². The van der Waals surface area contributed by atoms with Gasteiger partial charge >= 0.3 is 0 Å². The molecule has 0 atom stereocenters. The van der Waals surface area contributed by atoms with Crippen LogP contribution in [0.1, 0.15) is 11.5 Å². The summed E-state index contributed by atoms with van der Waals surface area (Å²) < 4.78 is 5.48. The Hall–Kier alpha value is -3.27. The van der Waals surface area contributed by atoms with Crippen LogP contribution in [0, 0.1) is 6.92 Å². The molecule has 4 heterocycles. The number of nitrogens with zero attached hydrogens (tertiary/aromatic N) is 3. The number of aromatic nitrogens is 3. The number of morpholine rings is 1. The maximum atomic E-state index is 12.6. The predicted octanol–water partition coefficient (Wildman–Crippen LogP) is 5.20. The number of ether oxygens (including phenoxy) is 1. The number of aryl methyl sites for hydroxylation is 1. The fourth-order valence-electron chi connectivity index (χ4n) is 4.40. The summed E-state index contributed by atoms with van der Waals surface area (Å²) in [7, 11) is 0. The van der Waals surface area contributed by atoms with Crippen LogP contribution >= 0.6 is 23.5 Å². The number of nitrogens with one attached hydrogen (secondary N) is 2. The van der Waals surface area contributed by atoms with Gasteiger partial charge in [0.1, 0.15) is 5.82 Å². The van der Waals surface area contributed by atoms with E-state index in [1.54, 1.807) is 35.8 Å². The zero-order chi connectivity index (χ0) is 24.5. The Morgan fingerprint density at radius 3 is 2.78 bits per heavy atom. The van der Waals surface area contributed by atoms with Gasteiger partial charge in [-0.15, -0.1) is 0 Å². The summed E-state index contributed by atoms with van der Waals surface area (Å²) >= 11 is 3.51. The highest BCUT2D eigenvalue weighted by Crippen LogP contribution is 2.52. The number of hydrogen-bond acceptors (Lipinski definition) is 8. The summed E-state index contributed by atoms with van der Waals surface area (Å²) in [6, 6.07) is 18.5. The maximum Gasteiger partial charge on any atom is 0.250 e. The van der Waals surface area contributed by atoms with Crippen LogP contribution in [0.5, 0.6) is 0 Å². The third kappa shape index (κ3) is 4.86. The van der Waals surface area contributed by atoms with Gasteiger partial charge < -0.3 is 19.9 Å². The minimum Gasteiger partial charge on any atom is -0.379 e. The molecule has 2 N–H and O–H groups in total. The molecule has 0 amide bonds. The third-order valence-corrected chi connectivity index (χ3v) is 8.75. The van der Waals surface area contributed by atoms with Crippen molar-refractivity contribution < 1.29 is 4.74 Å². The molecule has 1 fully saturated rings. The van der Waals surface area contributed by atoms with Gasteiger partial charge in [0.05, 0.1) is 31.1 Å². The first kappa shape index (κ1) is 23.1. The molecule has 4 aromatic rings. The number of hydrogen-bond donors (Lipinski definition) is 2. The van der Waals surface area contributed by atoms with Crippen molar-refractivity contribution in [3.05, 3.63) is 82.7 Å². The fourth-order valence-corrected chi connectivity index (χ4v) is 6.81. The van der Waals surface area contributed by atoms with E-state index in [2.05, 4.69) is 67.6 Å². The van der Waals surface area contributed by atoms with Crippen molar-refractivity contribution >= 4 is 34.9 Å². The van der Waals surface area contributed by atoms with Gasteiger partial charge in [-0.1, -0.05) is 35.7 Å². The Kier molecular flexibility index (Phi) is 6.43. The Labute approximate surface area is 217 Å². The van der Waals surface area contributed by atoms with E-state index in [0.717, 1.165) is 47.2 Å². The van der Waals surface area contributed by atoms with E-state index < -0.39 is 0 Å². The Balaban J connectivity index is 1.26. The van der Waals surface area contributed by atoms with Gasteiger partial charge in [0.2, 0.25) is 5.56 Å². The van der Waals surface area contributed by atoms with E-state index in [-0.39, 0.29) is 5.56 Å². The van der Waals surface area contributed by atoms with E-state index in [0.29, 0.717) is 19.8 Å². The van der Waals surface area contributed by atoms with Crippen LogP contribution in [0.15, 0.2) is 85.2 Å². The molecule has 2 aromatic heterocycles. The van der Waals surface area contributed by atoms with Gasteiger partial charge in [-0.25, -0.2) is 9.97 Å². The van der Waals surface area contributed by atoms with E-state index in [1.807, 2.05) is 13.0 Å². The zero-order valence-corrected chi connectivity index (χ0v) is 21.4. The number of fused-ring (bicyclic) bond motifs is 2. The first-order chi connectivity index (χ1) is 17.6. The van der Waals surface area contributed by atoms with E-state index >= 15 is 0 Å². The zero-order valence-electron chi connectivity index (χ0n) is 19.8. The highest BCUT2D eigenvalue weighted by atomic mass is 32.2. The summed E-state index contributed by atoms with van der Waals surface area (Å²) in [5.41, 5.74) is 4.76. The number of anilines is 2. The molecule has 0 aliphatic carbocycles. The predicted molar refractivity (Wildman–Crippen MR) is 144 cm³/mol. The van der Waals surface area contributed by atoms with Crippen LogP contribution in [-0.2, 0) is 11.3 Å². The second-order valence-electron chi connectivity index (χ2n) is 8.66. The highest BCUT2D eigenvalue weighted by Gasteiger charge is 2.22. The summed E-state index contributed by atoms with van der Waals surface area (Å²) in [6.45, 7) is 5.50. The van der Waals surface area contributed by atoms with Crippen LogP contribution in [-0.4, -0.2) is 41.3 Å². The van der Waals surface area contributed by atoms with Crippen molar-refractivity contribution in [3.8, 4) is 11.3 Å². The van der Waals surface area contributed by atoms with Crippen molar-refractivity contribution in [2.24, 2.45) is 0 Å². The lowest BCUT2D eigenvalue weighted by atomic mass is 10.1. The van der Waals surface area contributed by atoms with Crippen LogP contribution < -0.4 is 15.8 Å². The molecule has 0 unspecified atom stereocenters. The molecule has 2 aliphatic rings. The molecule has 2 aliphatic heterocycles. The van der Waals surface area contributed by atoms with Gasteiger partial charge in [-0.3, -0.25) is 4.79 Å². The molecular weight excluding hydrogens is 490 g/mol. The summed E-state index contributed by atoms with van der Waals surface area (Å²) in [4.78, 5) is 31.3. The molecule has 6 rings (SSSR count). The number of pyridine rings is 1. The second kappa shape index (κ2) is 10.0. The number of aromatic amines is 1. The molecule has 182 valence electrons. The molecular formula is C27H25N5O2S2. The van der Waals surface area contributed by atoms with Crippen molar-refractivity contribution in [1.29, 1.82) is 0 Å². The molecule has 0 radical (unpaired) electrons. The molecule has 0 spiro atoms. The highest BCUT2D eigenvalue weighted by molar-refractivity contribution is 8.05. The molecule has 0 saturated carbocycles. The molecule has 9 heteroatoms. The largest absolute Gasteiger partial charge is 0.379 e.